The van der Waals surface area contributed by atoms with Gasteiger partial charge in [-0.1, -0.05) is 18.2 Å². The van der Waals surface area contributed by atoms with Crippen molar-refractivity contribution in [2.24, 2.45) is 10.9 Å². The predicted molar refractivity (Wildman–Crippen MR) is 83.7 cm³/mol. The first kappa shape index (κ1) is 21.5. The second-order valence-corrected chi connectivity index (χ2v) is 6.13. The summed E-state index contributed by atoms with van der Waals surface area (Å²) in [4.78, 5) is 10.2. The van der Waals surface area contributed by atoms with E-state index in [9.17, 15) is 13.2 Å². The molecule has 0 amide bonds. The summed E-state index contributed by atoms with van der Waals surface area (Å²) < 4.78 is 21.2. The van der Waals surface area contributed by atoms with Crippen molar-refractivity contribution >= 4 is 40.2 Å². The summed E-state index contributed by atoms with van der Waals surface area (Å²) in [5.41, 5.74) is 5.19. The SMILES string of the molecule is CSCCC(N)C(=O)O.Cl.NS(=O)(=O)c1ccccc1. The van der Waals surface area contributed by atoms with Crippen molar-refractivity contribution in [2.45, 2.75) is 17.4 Å². The molecule has 1 rings (SSSR count). The first-order valence-electron chi connectivity index (χ1n) is 5.34. The van der Waals surface area contributed by atoms with Crippen molar-refractivity contribution in [3.63, 3.8) is 0 Å². The van der Waals surface area contributed by atoms with Gasteiger partial charge in [0.25, 0.3) is 0 Å². The van der Waals surface area contributed by atoms with E-state index in [1.807, 2.05) is 6.26 Å². The van der Waals surface area contributed by atoms with Gasteiger partial charge in [-0.15, -0.1) is 12.4 Å². The van der Waals surface area contributed by atoms with Crippen LogP contribution in [0.15, 0.2) is 35.2 Å². The zero-order valence-corrected chi connectivity index (χ0v) is 13.4. The Labute approximate surface area is 129 Å². The van der Waals surface area contributed by atoms with Crippen LogP contribution in [0.1, 0.15) is 6.42 Å². The summed E-state index contributed by atoms with van der Waals surface area (Å²) in [6, 6.07) is 7.20. The molecule has 0 fully saturated rings. The molecule has 0 heterocycles. The Morgan fingerprint density at radius 1 is 1.35 bits per heavy atom. The van der Waals surface area contributed by atoms with E-state index in [0.717, 1.165) is 5.75 Å². The molecule has 0 aromatic heterocycles. The predicted octanol–water partition coefficient (Wildman–Crippen LogP) is 0.907. The molecule has 9 heteroatoms. The fourth-order valence-corrected chi connectivity index (χ4v) is 2.00. The highest BCUT2D eigenvalue weighted by Crippen LogP contribution is 2.03. The van der Waals surface area contributed by atoms with Crippen molar-refractivity contribution < 1.29 is 18.3 Å². The number of rotatable bonds is 5. The molecule has 0 aliphatic heterocycles. The third-order valence-electron chi connectivity index (χ3n) is 2.02. The Morgan fingerprint density at radius 2 is 1.85 bits per heavy atom. The van der Waals surface area contributed by atoms with Crippen LogP contribution in [0.4, 0.5) is 0 Å². The minimum atomic E-state index is -3.50. The number of aliphatic carboxylic acids is 1. The lowest BCUT2D eigenvalue weighted by Gasteiger charge is -2.02. The number of carbonyl (C=O) groups is 1. The van der Waals surface area contributed by atoms with E-state index in [1.54, 1.807) is 30.0 Å². The highest BCUT2D eigenvalue weighted by atomic mass is 35.5. The number of halogens is 1. The number of carboxylic acids is 1. The lowest BCUT2D eigenvalue weighted by molar-refractivity contribution is -0.138. The van der Waals surface area contributed by atoms with E-state index in [0.29, 0.717) is 6.42 Å². The molecule has 0 spiro atoms. The van der Waals surface area contributed by atoms with E-state index in [4.69, 9.17) is 16.0 Å². The van der Waals surface area contributed by atoms with Gasteiger partial charge in [0, 0.05) is 0 Å². The summed E-state index contributed by atoms with van der Waals surface area (Å²) in [5, 5.41) is 13.1. The average Bonchev–Trinajstić information content (AvgIpc) is 2.36. The summed E-state index contributed by atoms with van der Waals surface area (Å²) in [5.74, 6) is -0.1000. The number of primary sulfonamides is 1. The van der Waals surface area contributed by atoms with E-state index in [-0.39, 0.29) is 17.3 Å². The van der Waals surface area contributed by atoms with E-state index in [1.165, 1.54) is 12.1 Å². The molecule has 1 aromatic rings. The number of hydrogen-bond donors (Lipinski definition) is 3. The van der Waals surface area contributed by atoms with Gasteiger partial charge in [-0.3, -0.25) is 4.79 Å². The number of sulfonamides is 1. The van der Waals surface area contributed by atoms with Gasteiger partial charge in [0.1, 0.15) is 6.04 Å². The first-order valence-corrected chi connectivity index (χ1v) is 8.28. The fraction of sp³-hybridized carbons (Fsp3) is 0.364. The van der Waals surface area contributed by atoms with Crippen LogP contribution in [0.5, 0.6) is 0 Å². The topological polar surface area (TPSA) is 123 Å². The second-order valence-electron chi connectivity index (χ2n) is 3.58. The number of hydrogen-bond acceptors (Lipinski definition) is 5. The van der Waals surface area contributed by atoms with E-state index < -0.39 is 22.0 Å². The van der Waals surface area contributed by atoms with Gasteiger partial charge in [-0.25, -0.2) is 13.6 Å². The highest BCUT2D eigenvalue weighted by molar-refractivity contribution is 7.98. The van der Waals surface area contributed by atoms with Crippen LogP contribution in [0.2, 0.25) is 0 Å². The largest absolute Gasteiger partial charge is 0.480 e. The Balaban J connectivity index is 0. The maximum absolute atomic E-state index is 10.6. The minimum Gasteiger partial charge on any atom is -0.480 e. The van der Waals surface area contributed by atoms with E-state index in [2.05, 4.69) is 0 Å². The zero-order chi connectivity index (χ0) is 14.9. The number of benzene rings is 1. The van der Waals surface area contributed by atoms with Crippen molar-refractivity contribution in [3.05, 3.63) is 30.3 Å². The summed E-state index contributed by atoms with van der Waals surface area (Å²) >= 11 is 1.60. The lowest BCUT2D eigenvalue weighted by Crippen LogP contribution is -2.30. The Bertz CT molecular complexity index is 482. The summed E-state index contributed by atoms with van der Waals surface area (Å²) in [7, 11) is -3.50. The van der Waals surface area contributed by atoms with Gasteiger partial charge < -0.3 is 10.8 Å². The number of carboxylic acid groups (broad SMARTS) is 1. The molecule has 1 aromatic carbocycles. The molecule has 0 aliphatic rings. The average molecular weight is 343 g/mol. The van der Waals surface area contributed by atoms with Crippen molar-refractivity contribution in [2.75, 3.05) is 12.0 Å². The Hall–Kier alpha value is -0.800. The van der Waals surface area contributed by atoms with Crippen molar-refractivity contribution in [3.8, 4) is 0 Å². The standard InChI is InChI=1S/C6H7NO2S.C5H11NO2S.ClH/c7-10(8,9)6-4-2-1-3-5-6;1-9-3-2-4(6)5(7)8;/h1-5H,(H2,7,8,9);4H,2-3,6H2,1H3,(H,7,8);1H. The van der Waals surface area contributed by atoms with Crippen LogP contribution in [-0.2, 0) is 14.8 Å². The molecule has 0 aliphatic carbocycles. The molecule has 1 unspecified atom stereocenters. The van der Waals surface area contributed by atoms with E-state index >= 15 is 0 Å². The lowest BCUT2D eigenvalue weighted by atomic mass is 10.2. The quantitative estimate of drug-likeness (QED) is 0.730. The van der Waals surface area contributed by atoms with Crippen molar-refractivity contribution in [1.82, 2.24) is 0 Å². The monoisotopic (exact) mass is 342 g/mol. The van der Waals surface area contributed by atoms with Crippen LogP contribution < -0.4 is 10.9 Å². The Morgan fingerprint density at radius 3 is 2.15 bits per heavy atom. The molecule has 116 valence electrons. The Kier molecular flexibility index (Phi) is 11.7. The van der Waals surface area contributed by atoms with Gasteiger partial charge >= 0.3 is 5.97 Å². The maximum atomic E-state index is 10.6. The molecule has 0 saturated carbocycles. The zero-order valence-electron chi connectivity index (χ0n) is 10.9. The molecule has 5 N–H and O–H groups in total. The molecule has 0 radical (unpaired) electrons. The first-order chi connectivity index (χ1) is 8.79. The molecule has 6 nitrogen and oxygen atoms in total. The number of nitrogens with two attached hydrogens (primary N) is 2. The van der Waals surface area contributed by atoms with Crippen LogP contribution >= 0.6 is 24.2 Å². The van der Waals surface area contributed by atoms with Crippen molar-refractivity contribution in [1.29, 1.82) is 0 Å². The van der Waals surface area contributed by atoms with Gasteiger partial charge in [0.15, 0.2) is 0 Å². The maximum Gasteiger partial charge on any atom is 0.320 e. The molecule has 0 bridgehead atoms. The molecule has 20 heavy (non-hydrogen) atoms. The smallest absolute Gasteiger partial charge is 0.320 e. The second kappa shape index (κ2) is 10.9. The summed E-state index contributed by atoms with van der Waals surface area (Å²) in [6.45, 7) is 0. The third kappa shape index (κ3) is 10.0. The summed E-state index contributed by atoms with van der Waals surface area (Å²) in [6.07, 6.45) is 2.48. The van der Waals surface area contributed by atoms with Gasteiger partial charge in [-0.2, -0.15) is 11.8 Å². The number of thioether (sulfide) groups is 1. The highest BCUT2D eigenvalue weighted by Gasteiger charge is 2.09. The fourth-order valence-electron chi connectivity index (χ4n) is 0.978. The molecular formula is C11H19ClN2O4S2. The van der Waals surface area contributed by atoms with Crippen LogP contribution in [-0.4, -0.2) is 37.5 Å². The third-order valence-corrected chi connectivity index (χ3v) is 3.60. The van der Waals surface area contributed by atoms with Crippen LogP contribution in [0, 0.1) is 0 Å². The van der Waals surface area contributed by atoms with Gasteiger partial charge in [-0.05, 0) is 30.6 Å². The van der Waals surface area contributed by atoms with Crippen LogP contribution in [0.3, 0.4) is 0 Å². The van der Waals surface area contributed by atoms with Gasteiger partial charge in [0.05, 0.1) is 4.90 Å². The molecular weight excluding hydrogens is 324 g/mol. The normalized spacial score (nSPS) is 11.6. The van der Waals surface area contributed by atoms with Gasteiger partial charge in [0.2, 0.25) is 10.0 Å². The van der Waals surface area contributed by atoms with Crippen LogP contribution in [0.25, 0.3) is 0 Å². The molecule has 0 saturated heterocycles. The molecule has 1 atom stereocenters. The minimum absolute atomic E-state index is 0.